The average Bonchev–Trinajstić information content (AvgIpc) is 2.99. The van der Waals surface area contributed by atoms with Gasteiger partial charge in [0.05, 0.1) is 22.3 Å². The highest BCUT2D eigenvalue weighted by molar-refractivity contribution is 6.00. The van der Waals surface area contributed by atoms with E-state index in [4.69, 9.17) is 0 Å². The van der Waals surface area contributed by atoms with Gasteiger partial charge in [0.1, 0.15) is 0 Å². The smallest absolute Gasteiger partial charge is 0.159 e. The van der Waals surface area contributed by atoms with Crippen molar-refractivity contribution in [3.63, 3.8) is 0 Å². The second-order valence-corrected chi connectivity index (χ2v) is 5.24. The molecule has 3 rings (SSSR count). The van der Waals surface area contributed by atoms with Crippen molar-refractivity contribution in [3.8, 4) is 0 Å². The van der Waals surface area contributed by atoms with E-state index in [1.54, 1.807) is 10.9 Å². The maximum atomic E-state index is 11.3. The number of aldehydes is 1. The van der Waals surface area contributed by atoms with Crippen LogP contribution >= 0.6 is 0 Å². The number of rotatable bonds is 3. The molecule has 0 unspecified atom stereocenters. The Kier molecular flexibility index (Phi) is 2.97. The fraction of sp³-hybridized carbons (Fsp3) is 0.500. The highest BCUT2D eigenvalue weighted by Gasteiger charge is 2.20. The first-order valence-corrected chi connectivity index (χ1v) is 6.74. The summed E-state index contributed by atoms with van der Waals surface area (Å²) in [5.74, 6) is 0. The largest absolute Gasteiger partial charge is 0.381 e. The summed E-state index contributed by atoms with van der Waals surface area (Å²) in [7, 11) is 1.88. The molecule has 1 fully saturated rings. The van der Waals surface area contributed by atoms with Crippen LogP contribution in [0.5, 0.6) is 0 Å². The van der Waals surface area contributed by atoms with E-state index in [-0.39, 0.29) is 0 Å². The normalized spacial score (nSPS) is 16.1. The fourth-order valence-electron chi connectivity index (χ4n) is 2.95. The minimum atomic E-state index is 0.462. The third-order valence-electron chi connectivity index (χ3n) is 3.89. The van der Waals surface area contributed by atoms with Crippen LogP contribution in [0.2, 0.25) is 0 Å². The molecule has 0 aromatic carbocycles. The number of aryl methyl sites for hydroxylation is 2. The molecule has 0 bridgehead atoms. The van der Waals surface area contributed by atoms with Crippen molar-refractivity contribution < 1.29 is 4.79 Å². The number of nitrogens with zero attached hydrogens (tertiary/aromatic N) is 3. The molecule has 19 heavy (non-hydrogen) atoms. The Morgan fingerprint density at radius 1 is 1.42 bits per heavy atom. The first kappa shape index (κ1) is 12.1. The molecular weight excluding hydrogens is 240 g/mol. The van der Waals surface area contributed by atoms with E-state index in [0.717, 1.165) is 28.7 Å². The van der Waals surface area contributed by atoms with Gasteiger partial charge >= 0.3 is 0 Å². The molecule has 1 saturated carbocycles. The molecule has 2 aromatic heterocycles. The second kappa shape index (κ2) is 4.64. The Labute approximate surface area is 112 Å². The van der Waals surface area contributed by atoms with E-state index in [2.05, 4.69) is 15.4 Å². The van der Waals surface area contributed by atoms with E-state index in [1.165, 1.54) is 25.7 Å². The summed E-state index contributed by atoms with van der Waals surface area (Å²) in [4.78, 5) is 15.6. The van der Waals surface area contributed by atoms with E-state index >= 15 is 0 Å². The van der Waals surface area contributed by atoms with Gasteiger partial charge in [0.25, 0.3) is 0 Å². The van der Waals surface area contributed by atoms with Crippen LogP contribution in [0.3, 0.4) is 0 Å². The van der Waals surface area contributed by atoms with Crippen LogP contribution in [0.25, 0.3) is 11.0 Å². The summed E-state index contributed by atoms with van der Waals surface area (Å²) in [6, 6.07) is 0.462. The summed E-state index contributed by atoms with van der Waals surface area (Å²) >= 11 is 0. The van der Waals surface area contributed by atoms with Crippen molar-refractivity contribution in [1.29, 1.82) is 0 Å². The molecule has 0 atom stereocenters. The van der Waals surface area contributed by atoms with Crippen LogP contribution in [-0.2, 0) is 7.05 Å². The van der Waals surface area contributed by atoms with E-state index in [0.29, 0.717) is 11.6 Å². The minimum Gasteiger partial charge on any atom is -0.381 e. The third-order valence-corrected chi connectivity index (χ3v) is 3.89. The molecule has 0 aliphatic heterocycles. The molecule has 1 aliphatic carbocycles. The van der Waals surface area contributed by atoms with Crippen molar-refractivity contribution >= 4 is 23.0 Å². The Morgan fingerprint density at radius 2 is 2.16 bits per heavy atom. The molecule has 2 heterocycles. The van der Waals surface area contributed by atoms with Crippen LogP contribution in [0.1, 0.15) is 41.7 Å². The summed E-state index contributed by atoms with van der Waals surface area (Å²) in [5.41, 5.74) is 3.26. The van der Waals surface area contributed by atoms with E-state index in [1.807, 2.05) is 14.0 Å². The van der Waals surface area contributed by atoms with Gasteiger partial charge in [-0.2, -0.15) is 5.10 Å². The van der Waals surface area contributed by atoms with Crippen LogP contribution in [0, 0.1) is 6.92 Å². The van der Waals surface area contributed by atoms with Crippen LogP contribution in [0.15, 0.2) is 6.20 Å². The highest BCUT2D eigenvalue weighted by atomic mass is 16.1. The summed E-state index contributed by atoms with van der Waals surface area (Å²) in [6.45, 7) is 1.96. The monoisotopic (exact) mass is 258 g/mol. The summed E-state index contributed by atoms with van der Waals surface area (Å²) in [6.07, 6.45) is 7.36. The van der Waals surface area contributed by atoms with E-state index in [9.17, 15) is 4.79 Å². The number of nitrogens with one attached hydrogen (secondary N) is 1. The standard InChI is InChI=1S/C14H18N4O/c1-9-12-13(16-11-5-3-4-6-11)10(8-19)7-15-14(12)18(2)17-9/h7-8,11H,3-6H2,1-2H3,(H,15,16). The number of fused-ring (bicyclic) bond motifs is 1. The first-order valence-electron chi connectivity index (χ1n) is 6.74. The van der Waals surface area contributed by atoms with E-state index < -0.39 is 0 Å². The molecule has 1 aliphatic rings. The maximum absolute atomic E-state index is 11.3. The quantitative estimate of drug-likeness (QED) is 0.859. The molecule has 0 saturated heterocycles. The van der Waals surface area contributed by atoms with Gasteiger partial charge in [-0.15, -0.1) is 0 Å². The Bertz CT molecular complexity index is 626. The highest BCUT2D eigenvalue weighted by Crippen LogP contribution is 2.31. The number of anilines is 1. The van der Waals surface area contributed by atoms with Crippen LogP contribution in [-0.4, -0.2) is 27.1 Å². The Morgan fingerprint density at radius 3 is 2.84 bits per heavy atom. The number of aromatic nitrogens is 3. The lowest BCUT2D eigenvalue weighted by atomic mass is 10.1. The SMILES string of the molecule is Cc1nn(C)c2ncc(C=O)c(NC3CCCC3)c12. The number of hydrogen-bond acceptors (Lipinski definition) is 4. The van der Waals surface area contributed by atoms with Crippen LogP contribution < -0.4 is 5.32 Å². The Balaban J connectivity index is 2.14. The lowest BCUT2D eigenvalue weighted by molar-refractivity contribution is 0.112. The molecule has 0 amide bonds. The third kappa shape index (κ3) is 1.99. The van der Waals surface area contributed by atoms with Crippen molar-refractivity contribution in [2.24, 2.45) is 7.05 Å². The average molecular weight is 258 g/mol. The van der Waals surface area contributed by atoms with Gasteiger partial charge in [-0.3, -0.25) is 9.48 Å². The summed E-state index contributed by atoms with van der Waals surface area (Å²) < 4.78 is 1.76. The van der Waals surface area contributed by atoms with Crippen LogP contribution in [0.4, 0.5) is 5.69 Å². The van der Waals surface area contributed by atoms with Gasteiger partial charge in [-0.1, -0.05) is 12.8 Å². The predicted molar refractivity (Wildman–Crippen MR) is 74.5 cm³/mol. The second-order valence-electron chi connectivity index (χ2n) is 5.24. The number of carbonyl (C=O) groups excluding carboxylic acids is 1. The Hall–Kier alpha value is -1.91. The number of carbonyl (C=O) groups is 1. The van der Waals surface area contributed by atoms with Gasteiger partial charge in [-0.05, 0) is 19.8 Å². The predicted octanol–water partition coefficient (Wildman–Crippen LogP) is 2.44. The molecule has 2 aromatic rings. The molecule has 5 nitrogen and oxygen atoms in total. The number of pyridine rings is 1. The topological polar surface area (TPSA) is 59.8 Å². The van der Waals surface area contributed by atoms with Crippen molar-refractivity contribution in [2.75, 3.05) is 5.32 Å². The zero-order chi connectivity index (χ0) is 13.4. The van der Waals surface area contributed by atoms with Gasteiger partial charge in [0, 0.05) is 19.3 Å². The zero-order valence-corrected chi connectivity index (χ0v) is 11.3. The van der Waals surface area contributed by atoms with Crippen molar-refractivity contribution in [3.05, 3.63) is 17.5 Å². The lowest BCUT2D eigenvalue weighted by Crippen LogP contribution is -2.16. The number of hydrogen-bond donors (Lipinski definition) is 1. The molecule has 0 spiro atoms. The molecule has 1 N–H and O–H groups in total. The lowest BCUT2D eigenvalue weighted by Gasteiger charge is -2.16. The molecule has 100 valence electrons. The van der Waals surface area contributed by atoms with Crippen molar-refractivity contribution in [1.82, 2.24) is 14.8 Å². The first-order chi connectivity index (χ1) is 9.20. The minimum absolute atomic E-state index is 0.462. The van der Waals surface area contributed by atoms with Gasteiger partial charge < -0.3 is 5.32 Å². The van der Waals surface area contributed by atoms with Crippen molar-refractivity contribution in [2.45, 2.75) is 38.6 Å². The van der Waals surface area contributed by atoms with Gasteiger partial charge in [-0.25, -0.2) is 4.98 Å². The summed E-state index contributed by atoms with van der Waals surface area (Å²) in [5, 5.41) is 8.90. The van der Waals surface area contributed by atoms with Gasteiger partial charge in [0.15, 0.2) is 11.9 Å². The molecule has 5 heteroatoms. The molecular formula is C14H18N4O. The fourth-order valence-corrected chi connectivity index (χ4v) is 2.95. The zero-order valence-electron chi connectivity index (χ0n) is 11.3. The molecule has 0 radical (unpaired) electrons. The maximum Gasteiger partial charge on any atom is 0.159 e. The van der Waals surface area contributed by atoms with Gasteiger partial charge in [0.2, 0.25) is 0 Å².